The molecule has 2 aromatic rings. The van der Waals surface area contributed by atoms with Crippen molar-refractivity contribution in [3.05, 3.63) is 42.2 Å². The van der Waals surface area contributed by atoms with Crippen molar-refractivity contribution in [2.24, 2.45) is 4.99 Å². The Hall–Kier alpha value is -2.68. The highest BCUT2D eigenvalue weighted by Crippen LogP contribution is 2.17. The lowest BCUT2D eigenvalue weighted by Gasteiger charge is -2.37. The van der Waals surface area contributed by atoms with Crippen LogP contribution in [0.15, 0.2) is 35.6 Å². The number of aromatic nitrogens is 3. The summed E-state index contributed by atoms with van der Waals surface area (Å²) in [6.45, 7) is 8.52. The predicted octanol–water partition coefficient (Wildman–Crippen LogP) is 1.78. The number of hydrogen-bond acceptors (Lipinski definition) is 5. The summed E-state index contributed by atoms with van der Waals surface area (Å²) in [6.07, 6.45) is 3.53. The molecule has 0 aliphatic carbocycles. The Bertz CT molecular complexity index is 785. The number of aliphatic imine (C=N–C) groups is 1. The Morgan fingerprint density at radius 3 is 2.67 bits per heavy atom. The van der Waals surface area contributed by atoms with Gasteiger partial charge in [0.1, 0.15) is 18.0 Å². The van der Waals surface area contributed by atoms with E-state index in [-0.39, 0.29) is 5.82 Å². The summed E-state index contributed by atoms with van der Waals surface area (Å²) in [5.74, 6) is 1.71. The monoisotopic (exact) mass is 417 g/mol. The first kappa shape index (κ1) is 22.0. The minimum Gasteiger partial charge on any atom is -0.385 e. The van der Waals surface area contributed by atoms with Gasteiger partial charge in [-0.2, -0.15) is 0 Å². The molecule has 8 nitrogen and oxygen atoms in total. The number of piperazine rings is 1. The highest BCUT2D eigenvalue weighted by molar-refractivity contribution is 5.80. The van der Waals surface area contributed by atoms with Crippen molar-refractivity contribution in [3.8, 4) is 0 Å². The zero-order valence-electron chi connectivity index (χ0n) is 17.9. The smallest absolute Gasteiger partial charge is 0.194 e. The average molecular weight is 418 g/mol. The summed E-state index contributed by atoms with van der Waals surface area (Å²) >= 11 is 0. The summed E-state index contributed by atoms with van der Waals surface area (Å²) in [6, 6.07) is 6.71. The van der Waals surface area contributed by atoms with E-state index >= 15 is 0 Å². The highest BCUT2D eigenvalue weighted by atomic mass is 19.1. The number of halogens is 1. The topological polar surface area (TPSA) is 70.8 Å². The van der Waals surface area contributed by atoms with Gasteiger partial charge in [-0.3, -0.25) is 4.99 Å². The molecule has 9 heteroatoms. The molecule has 0 bridgehead atoms. The first-order chi connectivity index (χ1) is 14.7. The van der Waals surface area contributed by atoms with Crippen LogP contribution in [0.1, 0.15) is 19.2 Å². The number of methoxy groups -OCH3 is 1. The second-order valence-electron chi connectivity index (χ2n) is 7.22. The maximum absolute atomic E-state index is 13.2. The first-order valence-corrected chi connectivity index (χ1v) is 10.6. The standard InChI is InChI=1S/C21H32FN7O/c1-3-20-26-25-17-29(20)11-10-24-21(23-9-4-16-30-2)28-14-12-27(13-15-28)19-7-5-18(22)6-8-19/h5-8,17H,3-4,9-16H2,1-2H3,(H,23,24). The molecule has 0 spiro atoms. The van der Waals surface area contributed by atoms with Crippen LogP contribution in [0, 0.1) is 5.82 Å². The van der Waals surface area contributed by atoms with Crippen LogP contribution >= 0.6 is 0 Å². The van der Waals surface area contributed by atoms with Crippen molar-refractivity contribution >= 4 is 11.6 Å². The maximum Gasteiger partial charge on any atom is 0.194 e. The van der Waals surface area contributed by atoms with Gasteiger partial charge in [-0.05, 0) is 30.7 Å². The van der Waals surface area contributed by atoms with E-state index < -0.39 is 0 Å². The van der Waals surface area contributed by atoms with Gasteiger partial charge in [-0.15, -0.1) is 10.2 Å². The summed E-state index contributed by atoms with van der Waals surface area (Å²) in [4.78, 5) is 9.37. The summed E-state index contributed by atoms with van der Waals surface area (Å²) in [5, 5.41) is 11.6. The highest BCUT2D eigenvalue weighted by Gasteiger charge is 2.20. The quantitative estimate of drug-likeness (QED) is 0.381. The molecule has 0 saturated carbocycles. The van der Waals surface area contributed by atoms with Gasteiger partial charge in [0.2, 0.25) is 0 Å². The Morgan fingerprint density at radius 2 is 1.97 bits per heavy atom. The third kappa shape index (κ3) is 6.16. The Balaban J connectivity index is 1.55. The molecule has 30 heavy (non-hydrogen) atoms. The van der Waals surface area contributed by atoms with Crippen molar-refractivity contribution < 1.29 is 9.13 Å². The molecule has 1 aromatic carbocycles. The van der Waals surface area contributed by atoms with Gasteiger partial charge < -0.3 is 24.4 Å². The largest absolute Gasteiger partial charge is 0.385 e. The van der Waals surface area contributed by atoms with Crippen LogP contribution in [0.2, 0.25) is 0 Å². The summed E-state index contributed by atoms with van der Waals surface area (Å²) in [5.41, 5.74) is 1.06. The second kappa shape index (κ2) is 11.5. The SMILES string of the molecule is CCc1nncn1CCNC(=NCCCOC)N1CCN(c2ccc(F)cc2)CC1. The number of aryl methyl sites for hydroxylation is 1. The lowest BCUT2D eigenvalue weighted by Crippen LogP contribution is -2.53. The molecule has 0 unspecified atom stereocenters. The van der Waals surface area contributed by atoms with E-state index in [1.165, 1.54) is 12.1 Å². The summed E-state index contributed by atoms with van der Waals surface area (Å²) < 4.78 is 20.4. The first-order valence-electron chi connectivity index (χ1n) is 10.6. The third-order valence-electron chi connectivity index (χ3n) is 5.19. The van der Waals surface area contributed by atoms with Crippen LogP contribution in [0.3, 0.4) is 0 Å². The van der Waals surface area contributed by atoms with E-state index in [2.05, 4.69) is 36.8 Å². The molecule has 1 aliphatic rings. The van der Waals surface area contributed by atoms with Crippen molar-refractivity contribution in [2.45, 2.75) is 26.3 Å². The van der Waals surface area contributed by atoms with Gasteiger partial charge in [0.25, 0.3) is 0 Å². The number of nitrogens with one attached hydrogen (secondary N) is 1. The summed E-state index contributed by atoms with van der Waals surface area (Å²) in [7, 11) is 1.71. The zero-order chi connectivity index (χ0) is 21.2. The molecule has 1 fully saturated rings. The lowest BCUT2D eigenvalue weighted by molar-refractivity contribution is 0.197. The minimum atomic E-state index is -0.202. The van der Waals surface area contributed by atoms with E-state index in [1.807, 2.05) is 12.1 Å². The third-order valence-corrected chi connectivity index (χ3v) is 5.19. The fourth-order valence-corrected chi connectivity index (χ4v) is 3.52. The Kier molecular flexibility index (Phi) is 8.43. The molecule has 164 valence electrons. The number of benzene rings is 1. The van der Waals surface area contributed by atoms with Gasteiger partial charge in [0.15, 0.2) is 5.96 Å². The maximum atomic E-state index is 13.2. The predicted molar refractivity (Wildman–Crippen MR) is 116 cm³/mol. The molecule has 1 saturated heterocycles. The zero-order valence-corrected chi connectivity index (χ0v) is 17.9. The van der Waals surface area contributed by atoms with Crippen molar-refractivity contribution in [1.29, 1.82) is 0 Å². The van der Waals surface area contributed by atoms with Gasteiger partial charge in [0, 0.05) is 71.6 Å². The van der Waals surface area contributed by atoms with Gasteiger partial charge in [-0.25, -0.2) is 4.39 Å². The molecule has 1 aromatic heterocycles. The van der Waals surface area contributed by atoms with Crippen molar-refractivity contribution in [1.82, 2.24) is 25.0 Å². The molecule has 2 heterocycles. The van der Waals surface area contributed by atoms with Gasteiger partial charge in [-0.1, -0.05) is 6.92 Å². The molecule has 3 rings (SSSR count). The van der Waals surface area contributed by atoms with Gasteiger partial charge in [0.05, 0.1) is 0 Å². The molecule has 1 N–H and O–H groups in total. The van der Waals surface area contributed by atoms with Crippen molar-refractivity contribution in [3.63, 3.8) is 0 Å². The Morgan fingerprint density at radius 1 is 1.20 bits per heavy atom. The molecular formula is C21H32FN7O. The molecule has 1 aliphatic heterocycles. The normalized spacial score (nSPS) is 15.0. The number of rotatable bonds is 9. The average Bonchev–Trinajstić information content (AvgIpc) is 3.24. The van der Waals surface area contributed by atoms with Crippen LogP contribution in [0.4, 0.5) is 10.1 Å². The van der Waals surface area contributed by atoms with Crippen LogP contribution in [0.25, 0.3) is 0 Å². The number of ether oxygens (including phenoxy) is 1. The van der Waals surface area contributed by atoms with E-state index in [0.29, 0.717) is 6.61 Å². The Labute approximate surface area is 177 Å². The molecule has 0 radical (unpaired) electrons. The van der Waals surface area contributed by atoms with E-state index in [9.17, 15) is 4.39 Å². The number of anilines is 1. The molecular weight excluding hydrogens is 385 g/mol. The number of nitrogens with zero attached hydrogens (tertiary/aromatic N) is 6. The second-order valence-corrected chi connectivity index (χ2v) is 7.22. The van der Waals surface area contributed by atoms with Crippen LogP contribution in [-0.4, -0.2) is 78.6 Å². The van der Waals surface area contributed by atoms with Crippen molar-refractivity contribution in [2.75, 3.05) is 57.9 Å². The van der Waals surface area contributed by atoms with E-state index in [4.69, 9.17) is 9.73 Å². The molecule has 0 atom stereocenters. The minimum absolute atomic E-state index is 0.202. The fourth-order valence-electron chi connectivity index (χ4n) is 3.52. The fraction of sp³-hybridized carbons (Fsp3) is 0.571. The van der Waals surface area contributed by atoms with Crippen LogP contribution < -0.4 is 10.2 Å². The lowest BCUT2D eigenvalue weighted by atomic mass is 10.2. The number of guanidine groups is 1. The van der Waals surface area contributed by atoms with Gasteiger partial charge >= 0.3 is 0 Å². The van der Waals surface area contributed by atoms with Crippen LogP contribution in [0.5, 0.6) is 0 Å². The van der Waals surface area contributed by atoms with Crippen LogP contribution in [-0.2, 0) is 17.7 Å². The number of hydrogen-bond donors (Lipinski definition) is 1. The van der Waals surface area contributed by atoms with E-state index in [0.717, 1.165) is 76.1 Å². The molecule has 0 amide bonds. The van der Waals surface area contributed by atoms with E-state index in [1.54, 1.807) is 13.4 Å².